The van der Waals surface area contributed by atoms with Crippen molar-refractivity contribution in [2.75, 3.05) is 13.2 Å². The van der Waals surface area contributed by atoms with Crippen molar-refractivity contribution < 1.29 is 32.6 Å². The van der Waals surface area contributed by atoms with Gasteiger partial charge in [0.2, 0.25) is 11.2 Å². The summed E-state index contributed by atoms with van der Waals surface area (Å²) in [4.78, 5) is 37.0. The molecule has 1 saturated carbocycles. The molecular formula is C21H23F2NO6. The highest BCUT2D eigenvalue weighted by Crippen LogP contribution is 2.40. The number of esters is 2. The molecule has 30 heavy (non-hydrogen) atoms. The third-order valence-electron chi connectivity index (χ3n) is 4.36. The molecule has 0 N–H and O–H groups in total. The Morgan fingerprint density at radius 1 is 1.23 bits per heavy atom. The van der Waals surface area contributed by atoms with E-state index in [1.807, 2.05) is 0 Å². The van der Waals surface area contributed by atoms with Crippen LogP contribution in [0.15, 0.2) is 17.1 Å². The van der Waals surface area contributed by atoms with E-state index in [1.54, 1.807) is 27.7 Å². The molecule has 0 atom stereocenters. The smallest absolute Gasteiger partial charge is 0.344 e. The molecular weight excluding hydrogens is 400 g/mol. The van der Waals surface area contributed by atoms with Crippen molar-refractivity contribution in [3.05, 3.63) is 39.7 Å². The number of benzene rings is 1. The van der Waals surface area contributed by atoms with Crippen LogP contribution < -0.4 is 10.2 Å². The van der Waals surface area contributed by atoms with Crippen molar-refractivity contribution in [2.24, 2.45) is 0 Å². The van der Waals surface area contributed by atoms with E-state index in [0.29, 0.717) is 0 Å². The summed E-state index contributed by atoms with van der Waals surface area (Å²) in [5.74, 6) is -4.86. The van der Waals surface area contributed by atoms with Crippen molar-refractivity contribution in [3.63, 3.8) is 0 Å². The van der Waals surface area contributed by atoms with Gasteiger partial charge in [-0.25, -0.2) is 14.0 Å². The molecule has 9 heteroatoms. The van der Waals surface area contributed by atoms with Gasteiger partial charge in [-0.3, -0.25) is 4.79 Å². The fraction of sp³-hybridized carbons (Fsp3) is 0.476. The Hall–Kier alpha value is -2.97. The van der Waals surface area contributed by atoms with E-state index in [4.69, 9.17) is 14.2 Å². The SMILES string of the molecule is CCOC(=O)c1cn(C2CC2)c2c(OCC(=O)OC(C)(C)C)c(F)c(F)cc2c1=O. The Bertz CT molecular complexity index is 1070. The number of rotatable bonds is 6. The largest absolute Gasteiger partial charge is 0.476 e. The Balaban J connectivity index is 2.14. The number of pyridine rings is 1. The summed E-state index contributed by atoms with van der Waals surface area (Å²) in [6, 6.07) is 0.615. The maximum Gasteiger partial charge on any atom is 0.344 e. The van der Waals surface area contributed by atoms with Gasteiger partial charge in [-0.05, 0) is 46.6 Å². The number of ether oxygens (including phenoxy) is 3. The summed E-state index contributed by atoms with van der Waals surface area (Å²) in [6.45, 7) is 5.95. The molecule has 1 heterocycles. The predicted octanol–water partition coefficient (Wildman–Crippen LogP) is 3.51. The maximum atomic E-state index is 14.6. The summed E-state index contributed by atoms with van der Waals surface area (Å²) in [5.41, 5.74) is -1.88. The zero-order valence-corrected chi connectivity index (χ0v) is 17.2. The maximum absolute atomic E-state index is 14.6. The first-order valence-corrected chi connectivity index (χ1v) is 9.62. The van der Waals surface area contributed by atoms with Gasteiger partial charge in [0.05, 0.1) is 17.5 Å². The average Bonchev–Trinajstić information content (AvgIpc) is 3.47. The fourth-order valence-corrected chi connectivity index (χ4v) is 3.06. The zero-order chi connectivity index (χ0) is 22.2. The summed E-state index contributed by atoms with van der Waals surface area (Å²) in [6.07, 6.45) is 2.73. The molecule has 7 nitrogen and oxygen atoms in total. The molecule has 3 rings (SSSR count). The highest BCUT2D eigenvalue weighted by atomic mass is 19.2. The molecule has 1 aromatic heterocycles. The number of carbonyl (C=O) groups is 2. The van der Waals surface area contributed by atoms with Crippen LogP contribution in [0.2, 0.25) is 0 Å². The first kappa shape index (κ1) is 21.7. The molecule has 1 aromatic carbocycles. The topological polar surface area (TPSA) is 83.8 Å². The molecule has 162 valence electrons. The Kier molecular flexibility index (Phi) is 5.83. The first-order chi connectivity index (χ1) is 14.0. The summed E-state index contributed by atoms with van der Waals surface area (Å²) in [5, 5.41) is -0.231. The van der Waals surface area contributed by atoms with E-state index < -0.39 is 47.0 Å². The lowest BCUT2D eigenvalue weighted by atomic mass is 10.1. The molecule has 0 radical (unpaired) electrons. The molecule has 1 fully saturated rings. The first-order valence-electron chi connectivity index (χ1n) is 9.62. The van der Waals surface area contributed by atoms with Gasteiger partial charge >= 0.3 is 11.9 Å². The van der Waals surface area contributed by atoms with E-state index in [2.05, 4.69) is 0 Å². The lowest BCUT2D eigenvalue weighted by Gasteiger charge is -2.20. The molecule has 0 unspecified atom stereocenters. The standard InChI is InChI=1S/C21H23F2NO6/c1-5-28-20(27)13-9-24(11-6-7-11)17-12(18(13)26)8-14(22)16(23)19(17)29-10-15(25)30-21(2,3)4/h8-9,11H,5-7,10H2,1-4H3. The Morgan fingerprint density at radius 3 is 2.47 bits per heavy atom. The van der Waals surface area contributed by atoms with Crippen LogP contribution in [0.3, 0.4) is 0 Å². The number of hydrogen-bond donors (Lipinski definition) is 0. The molecule has 0 amide bonds. The van der Waals surface area contributed by atoms with E-state index in [1.165, 1.54) is 10.8 Å². The van der Waals surface area contributed by atoms with Gasteiger partial charge in [-0.1, -0.05) is 0 Å². The minimum absolute atomic E-state index is 0.0157. The summed E-state index contributed by atoms with van der Waals surface area (Å²) >= 11 is 0. The van der Waals surface area contributed by atoms with Crippen LogP contribution in [0.5, 0.6) is 5.75 Å². The second kappa shape index (κ2) is 8.04. The Morgan fingerprint density at radius 2 is 1.90 bits per heavy atom. The van der Waals surface area contributed by atoms with Crippen molar-refractivity contribution in [2.45, 2.75) is 52.2 Å². The molecule has 0 aliphatic heterocycles. The number of carbonyl (C=O) groups excluding carboxylic acids is 2. The van der Waals surface area contributed by atoms with Crippen LogP contribution >= 0.6 is 0 Å². The van der Waals surface area contributed by atoms with Gasteiger partial charge < -0.3 is 18.8 Å². The van der Waals surface area contributed by atoms with Crippen LogP contribution in [0.1, 0.15) is 56.9 Å². The third kappa shape index (κ3) is 4.44. The van der Waals surface area contributed by atoms with Gasteiger partial charge in [0, 0.05) is 12.2 Å². The molecule has 0 spiro atoms. The lowest BCUT2D eigenvalue weighted by Crippen LogP contribution is -2.28. The second-order valence-corrected chi connectivity index (χ2v) is 8.00. The number of hydrogen-bond acceptors (Lipinski definition) is 6. The monoisotopic (exact) mass is 423 g/mol. The minimum Gasteiger partial charge on any atom is -0.476 e. The fourth-order valence-electron chi connectivity index (χ4n) is 3.06. The number of nitrogens with zero attached hydrogens (tertiary/aromatic N) is 1. The third-order valence-corrected chi connectivity index (χ3v) is 4.36. The molecule has 1 aliphatic rings. The molecule has 2 aromatic rings. The molecule has 0 bridgehead atoms. The van der Waals surface area contributed by atoms with Crippen molar-refractivity contribution in [1.29, 1.82) is 0 Å². The van der Waals surface area contributed by atoms with Gasteiger partial charge in [0.25, 0.3) is 0 Å². The second-order valence-electron chi connectivity index (χ2n) is 8.00. The highest BCUT2D eigenvalue weighted by Gasteiger charge is 2.31. The predicted molar refractivity (Wildman–Crippen MR) is 104 cm³/mol. The average molecular weight is 423 g/mol. The van der Waals surface area contributed by atoms with E-state index in [-0.39, 0.29) is 29.1 Å². The molecule has 0 saturated heterocycles. The van der Waals surface area contributed by atoms with Gasteiger partial charge in [0.1, 0.15) is 11.2 Å². The van der Waals surface area contributed by atoms with Crippen LogP contribution in [-0.4, -0.2) is 35.3 Å². The van der Waals surface area contributed by atoms with Crippen LogP contribution in [-0.2, 0) is 14.3 Å². The van der Waals surface area contributed by atoms with Crippen LogP contribution in [0, 0.1) is 11.6 Å². The van der Waals surface area contributed by atoms with Gasteiger partial charge in [-0.2, -0.15) is 4.39 Å². The summed E-state index contributed by atoms with van der Waals surface area (Å²) < 4.78 is 45.8. The van der Waals surface area contributed by atoms with E-state index >= 15 is 0 Å². The van der Waals surface area contributed by atoms with Crippen LogP contribution in [0.4, 0.5) is 8.78 Å². The summed E-state index contributed by atoms with van der Waals surface area (Å²) in [7, 11) is 0. The molecule has 1 aliphatic carbocycles. The van der Waals surface area contributed by atoms with Crippen molar-refractivity contribution in [1.82, 2.24) is 4.57 Å². The normalized spacial score (nSPS) is 13.9. The lowest BCUT2D eigenvalue weighted by molar-refractivity contribution is -0.157. The van der Waals surface area contributed by atoms with Gasteiger partial charge in [-0.15, -0.1) is 0 Å². The van der Waals surface area contributed by atoms with Gasteiger partial charge in [0.15, 0.2) is 18.2 Å². The number of halogens is 2. The highest BCUT2D eigenvalue weighted by molar-refractivity contribution is 5.95. The minimum atomic E-state index is -1.33. The quantitative estimate of drug-likeness (QED) is 0.661. The Labute approximate surface area is 171 Å². The zero-order valence-electron chi connectivity index (χ0n) is 17.2. The van der Waals surface area contributed by atoms with Crippen molar-refractivity contribution >= 4 is 22.8 Å². The number of fused-ring (bicyclic) bond motifs is 1. The van der Waals surface area contributed by atoms with E-state index in [0.717, 1.165) is 18.9 Å². The van der Waals surface area contributed by atoms with Crippen LogP contribution in [0.25, 0.3) is 10.9 Å². The number of aromatic nitrogens is 1. The van der Waals surface area contributed by atoms with Crippen molar-refractivity contribution in [3.8, 4) is 5.75 Å². The van der Waals surface area contributed by atoms with E-state index in [9.17, 15) is 23.2 Å².